The van der Waals surface area contributed by atoms with Gasteiger partial charge in [-0.15, -0.1) is 0 Å². The second kappa shape index (κ2) is 2.79. The van der Waals surface area contributed by atoms with Crippen LogP contribution in [0.3, 0.4) is 0 Å². The molecule has 0 aromatic carbocycles. The lowest BCUT2D eigenvalue weighted by atomic mass is 10.1. The van der Waals surface area contributed by atoms with E-state index in [1.807, 2.05) is 16.8 Å². The van der Waals surface area contributed by atoms with Crippen molar-refractivity contribution in [3.05, 3.63) is 29.7 Å². The molecule has 2 heterocycles. The van der Waals surface area contributed by atoms with Crippen LogP contribution in [0.4, 0.5) is 0 Å². The molecule has 0 atom stereocenters. The fourth-order valence-corrected chi connectivity index (χ4v) is 1.80. The molecular formula is C11H14N4. The van der Waals surface area contributed by atoms with Crippen molar-refractivity contribution < 1.29 is 0 Å². The predicted octanol–water partition coefficient (Wildman–Crippen LogP) is 1.24. The average Bonchev–Trinajstić information content (AvgIpc) is 2.86. The molecule has 1 aliphatic carbocycles. The maximum atomic E-state index is 6.14. The van der Waals surface area contributed by atoms with Crippen LogP contribution < -0.4 is 5.73 Å². The lowest BCUT2D eigenvalue weighted by molar-refractivity contribution is 0.725. The number of pyridine rings is 1. The molecule has 78 valence electrons. The van der Waals surface area contributed by atoms with Crippen LogP contribution in [0.5, 0.6) is 0 Å². The number of hydrogen-bond donors (Lipinski definition) is 1. The Bertz CT molecular complexity index is 510. The van der Waals surface area contributed by atoms with Gasteiger partial charge in [-0.1, -0.05) is 13.0 Å². The van der Waals surface area contributed by atoms with E-state index in [1.165, 1.54) is 5.56 Å². The van der Waals surface area contributed by atoms with Gasteiger partial charge in [0.05, 0.1) is 0 Å². The molecule has 0 unspecified atom stereocenters. The number of hydrogen-bond acceptors (Lipinski definition) is 3. The molecule has 0 amide bonds. The highest BCUT2D eigenvalue weighted by Gasteiger charge is 2.40. The Labute approximate surface area is 88.1 Å². The Morgan fingerprint density at radius 2 is 2.27 bits per heavy atom. The van der Waals surface area contributed by atoms with Crippen LogP contribution in [0, 0.1) is 0 Å². The van der Waals surface area contributed by atoms with Gasteiger partial charge in [0.1, 0.15) is 0 Å². The molecule has 0 saturated heterocycles. The van der Waals surface area contributed by atoms with Crippen molar-refractivity contribution >= 4 is 5.65 Å². The maximum Gasteiger partial charge on any atom is 0.155 e. The monoisotopic (exact) mass is 202 g/mol. The Morgan fingerprint density at radius 1 is 1.47 bits per heavy atom. The summed E-state index contributed by atoms with van der Waals surface area (Å²) in [4.78, 5) is 4.39. The smallest absolute Gasteiger partial charge is 0.155 e. The van der Waals surface area contributed by atoms with E-state index in [1.54, 1.807) is 0 Å². The molecule has 0 radical (unpaired) electrons. The Balaban J connectivity index is 2.13. The fraction of sp³-hybridized carbons (Fsp3) is 0.455. The first kappa shape index (κ1) is 8.85. The summed E-state index contributed by atoms with van der Waals surface area (Å²) in [5.41, 5.74) is 8.12. The molecule has 3 rings (SSSR count). The van der Waals surface area contributed by atoms with E-state index < -0.39 is 0 Å². The first-order valence-electron chi connectivity index (χ1n) is 5.36. The zero-order valence-electron chi connectivity index (χ0n) is 8.77. The maximum absolute atomic E-state index is 6.14. The minimum Gasteiger partial charge on any atom is -0.321 e. The molecule has 4 nitrogen and oxygen atoms in total. The molecule has 15 heavy (non-hydrogen) atoms. The van der Waals surface area contributed by atoms with Crippen molar-refractivity contribution in [1.82, 2.24) is 14.6 Å². The normalized spacial score (nSPS) is 18.3. The summed E-state index contributed by atoms with van der Waals surface area (Å²) in [5, 5.41) is 4.38. The van der Waals surface area contributed by atoms with Crippen molar-refractivity contribution in [2.24, 2.45) is 5.73 Å². The van der Waals surface area contributed by atoms with Gasteiger partial charge in [0.25, 0.3) is 0 Å². The van der Waals surface area contributed by atoms with Gasteiger partial charge in [-0.25, -0.2) is 9.50 Å². The van der Waals surface area contributed by atoms with Crippen LogP contribution in [-0.2, 0) is 12.0 Å². The summed E-state index contributed by atoms with van der Waals surface area (Å²) < 4.78 is 1.83. The van der Waals surface area contributed by atoms with Crippen molar-refractivity contribution in [3.63, 3.8) is 0 Å². The van der Waals surface area contributed by atoms with Gasteiger partial charge in [-0.2, -0.15) is 5.10 Å². The van der Waals surface area contributed by atoms with Gasteiger partial charge in [0.15, 0.2) is 11.5 Å². The highest BCUT2D eigenvalue weighted by Crippen LogP contribution is 2.42. The minimum atomic E-state index is -0.0908. The number of rotatable bonds is 2. The summed E-state index contributed by atoms with van der Waals surface area (Å²) in [6.07, 6.45) is 5.03. The van der Waals surface area contributed by atoms with Gasteiger partial charge in [0, 0.05) is 18.2 Å². The highest BCUT2D eigenvalue weighted by atomic mass is 15.3. The minimum absolute atomic E-state index is 0.0908. The van der Waals surface area contributed by atoms with E-state index in [9.17, 15) is 0 Å². The summed E-state index contributed by atoms with van der Waals surface area (Å²) in [5.74, 6) is 0.883. The van der Waals surface area contributed by atoms with Crippen LogP contribution in [0.15, 0.2) is 18.3 Å². The zero-order chi connectivity index (χ0) is 10.5. The molecule has 0 bridgehead atoms. The van der Waals surface area contributed by atoms with E-state index in [2.05, 4.69) is 23.1 Å². The van der Waals surface area contributed by atoms with E-state index in [-0.39, 0.29) is 5.54 Å². The Morgan fingerprint density at radius 3 is 2.93 bits per heavy atom. The van der Waals surface area contributed by atoms with Crippen LogP contribution in [0.25, 0.3) is 5.65 Å². The third-order valence-corrected chi connectivity index (χ3v) is 3.05. The summed E-state index contributed by atoms with van der Waals surface area (Å²) in [6.45, 7) is 2.06. The SMILES string of the molecule is CCc1nc2ccc(C3(N)CC3)cn2n1. The Hall–Kier alpha value is -1.42. The topological polar surface area (TPSA) is 56.2 Å². The average molecular weight is 202 g/mol. The highest BCUT2D eigenvalue weighted by molar-refractivity contribution is 5.41. The van der Waals surface area contributed by atoms with E-state index in [0.717, 1.165) is 30.7 Å². The largest absolute Gasteiger partial charge is 0.321 e. The molecule has 0 aliphatic heterocycles. The van der Waals surface area contributed by atoms with Gasteiger partial charge in [0.2, 0.25) is 0 Å². The number of fused-ring (bicyclic) bond motifs is 1. The third-order valence-electron chi connectivity index (χ3n) is 3.05. The molecule has 4 heteroatoms. The van der Waals surface area contributed by atoms with Gasteiger partial charge >= 0.3 is 0 Å². The molecule has 2 aromatic heterocycles. The molecular weight excluding hydrogens is 188 g/mol. The lowest BCUT2D eigenvalue weighted by Gasteiger charge is -2.07. The molecule has 1 aliphatic rings. The van der Waals surface area contributed by atoms with E-state index >= 15 is 0 Å². The number of aromatic nitrogens is 3. The Kier molecular flexibility index (Phi) is 1.65. The first-order valence-corrected chi connectivity index (χ1v) is 5.36. The standard InChI is InChI=1S/C11H14N4/c1-2-9-13-10-4-3-8(7-15(10)14-9)11(12)5-6-11/h3-4,7H,2,5-6,12H2,1H3. The predicted molar refractivity (Wildman–Crippen MR) is 57.5 cm³/mol. The molecule has 0 spiro atoms. The van der Waals surface area contributed by atoms with Crippen molar-refractivity contribution in [2.75, 3.05) is 0 Å². The second-order valence-electron chi connectivity index (χ2n) is 4.26. The molecule has 1 fully saturated rings. The number of aryl methyl sites for hydroxylation is 1. The van der Waals surface area contributed by atoms with Crippen LogP contribution >= 0.6 is 0 Å². The molecule has 2 N–H and O–H groups in total. The van der Waals surface area contributed by atoms with Crippen molar-refractivity contribution in [3.8, 4) is 0 Å². The van der Waals surface area contributed by atoms with Crippen LogP contribution in [-0.4, -0.2) is 14.6 Å². The van der Waals surface area contributed by atoms with Gasteiger partial charge in [-0.3, -0.25) is 0 Å². The first-order chi connectivity index (χ1) is 7.21. The zero-order valence-corrected chi connectivity index (χ0v) is 8.77. The van der Waals surface area contributed by atoms with Crippen LogP contribution in [0.2, 0.25) is 0 Å². The fourth-order valence-electron chi connectivity index (χ4n) is 1.80. The second-order valence-corrected chi connectivity index (χ2v) is 4.26. The van der Waals surface area contributed by atoms with Crippen molar-refractivity contribution in [1.29, 1.82) is 0 Å². The number of nitrogens with two attached hydrogens (primary N) is 1. The lowest BCUT2D eigenvalue weighted by Crippen LogP contribution is -2.19. The van der Waals surface area contributed by atoms with E-state index in [4.69, 9.17) is 5.73 Å². The molecule has 2 aromatic rings. The van der Waals surface area contributed by atoms with Gasteiger partial charge < -0.3 is 5.73 Å². The summed E-state index contributed by atoms with van der Waals surface area (Å²) in [7, 11) is 0. The van der Waals surface area contributed by atoms with E-state index in [0.29, 0.717) is 0 Å². The van der Waals surface area contributed by atoms with Gasteiger partial charge in [-0.05, 0) is 24.5 Å². The van der Waals surface area contributed by atoms with Crippen molar-refractivity contribution in [2.45, 2.75) is 31.7 Å². The summed E-state index contributed by atoms with van der Waals surface area (Å²) in [6, 6.07) is 4.06. The quantitative estimate of drug-likeness (QED) is 0.797. The molecule has 1 saturated carbocycles. The summed E-state index contributed by atoms with van der Waals surface area (Å²) >= 11 is 0. The third kappa shape index (κ3) is 1.33. The number of nitrogens with zero attached hydrogens (tertiary/aromatic N) is 3. The van der Waals surface area contributed by atoms with Crippen LogP contribution in [0.1, 0.15) is 31.2 Å².